The SMILES string of the molecule is CN(Cc1nccn1C)c1ccc(CCl)cc1F. The number of aryl methyl sites for hydroxylation is 1. The van der Waals surface area contributed by atoms with Crippen molar-refractivity contribution >= 4 is 17.3 Å². The van der Waals surface area contributed by atoms with Gasteiger partial charge in [0.1, 0.15) is 11.6 Å². The molecule has 0 fully saturated rings. The molecule has 0 saturated heterocycles. The molecule has 0 atom stereocenters. The van der Waals surface area contributed by atoms with E-state index in [1.807, 2.05) is 35.8 Å². The Labute approximate surface area is 111 Å². The predicted octanol–water partition coefficient (Wildman–Crippen LogP) is 2.93. The zero-order valence-corrected chi connectivity index (χ0v) is 11.2. The van der Waals surface area contributed by atoms with Gasteiger partial charge in [0.2, 0.25) is 0 Å². The molecule has 96 valence electrons. The van der Waals surface area contributed by atoms with Crippen LogP contribution < -0.4 is 4.90 Å². The molecule has 1 aromatic heterocycles. The molecule has 2 rings (SSSR count). The van der Waals surface area contributed by atoms with Crippen LogP contribution in [0.15, 0.2) is 30.6 Å². The minimum atomic E-state index is -0.259. The molecule has 18 heavy (non-hydrogen) atoms. The van der Waals surface area contributed by atoms with E-state index in [0.29, 0.717) is 18.1 Å². The molecule has 0 aliphatic heterocycles. The maximum Gasteiger partial charge on any atom is 0.146 e. The summed E-state index contributed by atoms with van der Waals surface area (Å²) in [4.78, 5) is 6.05. The Bertz CT molecular complexity index is 539. The minimum Gasteiger partial charge on any atom is -0.365 e. The van der Waals surface area contributed by atoms with E-state index in [-0.39, 0.29) is 5.82 Å². The van der Waals surface area contributed by atoms with E-state index >= 15 is 0 Å². The van der Waals surface area contributed by atoms with Gasteiger partial charge >= 0.3 is 0 Å². The largest absolute Gasteiger partial charge is 0.365 e. The highest BCUT2D eigenvalue weighted by atomic mass is 35.5. The van der Waals surface area contributed by atoms with Crippen LogP contribution in [-0.4, -0.2) is 16.6 Å². The predicted molar refractivity (Wildman–Crippen MR) is 71.3 cm³/mol. The van der Waals surface area contributed by atoms with Crippen molar-refractivity contribution in [2.24, 2.45) is 7.05 Å². The van der Waals surface area contributed by atoms with Crippen LogP contribution in [0.3, 0.4) is 0 Å². The van der Waals surface area contributed by atoms with E-state index in [1.54, 1.807) is 12.3 Å². The molecule has 0 amide bonds. The fourth-order valence-corrected chi connectivity index (χ4v) is 1.96. The molecule has 0 aliphatic rings. The first-order valence-electron chi connectivity index (χ1n) is 5.63. The number of hydrogen-bond donors (Lipinski definition) is 0. The number of aromatic nitrogens is 2. The molecule has 1 aromatic carbocycles. The van der Waals surface area contributed by atoms with Crippen molar-refractivity contribution in [3.8, 4) is 0 Å². The Morgan fingerprint density at radius 1 is 1.44 bits per heavy atom. The lowest BCUT2D eigenvalue weighted by atomic mass is 10.2. The van der Waals surface area contributed by atoms with Gasteiger partial charge in [-0.1, -0.05) is 6.07 Å². The van der Waals surface area contributed by atoms with Gasteiger partial charge in [-0.25, -0.2) is 9.37 Å². The lowest BCUT2D eigenvalue weighted by Gasteiger charge is -2.20. The summed E-state index contributed by atoms with van der Waals surface area (Å²) in [5.74, 6) is 0.948. The fraction of sp³-hybridized carbons (Fsp3) is 0.308. The second-order valence-electron chi connectivity index (χ2n) is 4.23. The number of benzene rings is 1. The Morgan fingerprint density at radius 2 is 2.22 bits per heavy atom. The molecule has 3 nitrogen and oxygen atoms in total. The Hall–Kier alpha value is -1.55. The van der Waals surface area contributed by atoms with Crippen LogP contribution in [0.25, 0.3) is 0 Å². The Morgan fingerprint density at radius 3 is 2.78 bits per heavy atom. The number of halogens is 2. The third-order valence-electron chi connectivity index (χ3n) is 2.88. The van der Waals surface area contributed by atoms with Gasteiger partial charge in [0.15, 0.2) is 0 Å². The summed E-state index contributed by atoms with van der Waals surface area (Å²) in [5, 5.41) is 0. The lowest BCUT2D eigenvalue weighted by Crippen LogP contribution is -2.20. The molecule has 0 spiro atoms. The molecule has 1 heterocycles. The molecule has 2 aromatic rings. The summed E-state index contributed by atoms with van der Waals surface area (Å²) in [7, 11) is 3.76. The van der Waals surface area contributed by atoms with E-state index in [9.17, 15) is 4.39 Å². The highest BCUT2D eigenvalue weighted by Crippen LogP contribution is 2.21. The van der Waals surface area contributed by atoms with Crippen LogP contribution >= 0.6 is 11.6 Å². The van der Waals surface area contributed by atoms with E-state index in [1.165, 1.54) is 6.07 Å². The van der Waals surface area contributed by atoms with E-state index < -0.39 is 0 Å². The third-order valence-corrected chi connectivity index (χ3v) is 3.19. The van der Waals surface area contributed by atoms with Crippen molar-refractivity contribution in [1.29, 1.82) is 0 Å². The summed E-state index contributed by atoms with van der Waals surface area (Å²) in [5.41, 5.74) is 1.33. The number of anilines is 1. The zero-order chi connectivity index (χ0) is 13.1. The number of nitrogens with zero attached hydrogens (tertiary/aromatic N) is 3. The topological polar surface area (TPSA) is 21.1 Å². The van der Waals surface area contributed by atoms with Gasteiger partial charge in [-0.15, -0.1) is 11.6 Å². The quantitative estimate of drug-likeness (QED) is 0.794. The summed E-state index contributed by atoms with van der Waals surface area (Å²) >= 11 is 5.67. The summed E-state index contributed by atoms with van der Waals surface area (Å²) in [6.07, 6.45) is 3.60. The van der Waals surface area contributed by atoms with Crippen LogP contribution in [0.4, 0.5) is 10.1 Å². The first kappa shape index (κ1) is 12.9. The van der Waals surface area contributed by atoms with E-state index in [4.69, 9.17) is 11.6 Å². The molecule has 0 N–H and O–H groups in total. The van der Waals surface area contributed by atoms with Gasteiger partial charge in [-0.3, -0.25) is 0 Å². The van der Waals surface area contributed by atoms with Crippen molar-refractivity contribution in [1.82, 2.24) is 9.55 Å². The van der Waals surface area contributed by atoms with Gasteiger partial charge < -0.3 is 9.47 Å². The number of alkyl halides is 1. The average Bonchev–Trinajstić information content (AvgIpc) is 2.74. The van der Waals surface area contributed by atoms with Crippen LogP contribution in [0.2, 0.25) is 0 Å². The van der Waals surface area contributed by atoms with E-state index in [2.05, 4.69) is 4.98 Å². The van der Waals surface area contributed by atoms with Crippen LogP contribution in [-0.2, 0) is 19.5 Å². The van der Waals surface area contributed by atoms with Crippen molar-refractivity contribution in [2.45, 2.75) is 12.4 Å². The van der Waals surface area contributed by atoms with Gasteiger partial charge in [-0.2, -0.15) is 0 Å². The van der Waals surface area contributed by atoms with Crippen molar-refractivity contribution in [3.63, 3.8) is 0 Å². The Balaban J connectivity index is 2.19. The maximum atomic E-state index is 13.9. The second kappa shape index (κ2) is 5.40. The minimum absolute atomic E-state index is 0.259. The van der Waals surface area contributed by atoms with Crippen LogP contribution in [0.5, 0.6) is 0 Å². The highest BCUT2D eigenvalue weighted by molar-refractivity contribution is 6.17. The summed E-state index contributed by atoms with van der Waals surface area (Å²) in [6.45, 7) is 0.556. The first-order chi connectivity index (χ1) is 8.61. The van der Waals surface area contributed by atoms with E-state index in [0.717, 1.165) is 11.4 Å². The van der Waals surface area contributed by atoms with Gasteiger partial charge in [0.25, 0.3) is 0 Å². The highest BCUT2D eigenvalue weighted by Gasteiger charge is 2.10. The molecule has 0 radical (unpaired) electrons. The average molecular weight is 268 g/mol. The van der Waals surface area contributed by atoms with Crippen molar-refractivity contribution < 1.29 is 4.39 Å². The smallest absolute Gasteiger partial charge is 0.146 e. The molecule has 0 unspecified atom stereocenters. The molecule has 0 saturated carbocycles. The normalized spacial score (nSPS) is 10.7. The maximum absolute atomic E-state index is 13.9. The van der Waals surface area contributed by atoms with Crippen LogP contribution in [0.1, 0.15) is 11.4 Å². The van der Waals surface area contributed by atoms with Crippen molar-refractivity contribution in [3.05, 3.63) is 47.8 Å². The number of rotatable bonds is 4. The molecular formula is C13H15ClFN3. The molecule has 0 bridgehead atoms. The number of hydrogen-bond acceptors (Lipinski definition) is 2. The Kier molecular flexibility index (Phi) is 3.87. The second-order valence-corrected chi connectivity index (χ2v) is 4.50. The number of imidazole rings is 1. The molecule has 5 heteroatoms. The summed E-state index contributed by atoms with van der Waals surface area (Å²) < 4.78 is 15.8. The van der Waals surface area contributed by atoms with Crippen LogP contribution in [0, 0.1) is 5.82 Å². The monoisotopic (exact) mass is 267 g/mol. The van der Waals surface area contributed by atoms with Crippen molar-refractivity contribution in [2.75, 3.05) is 11.9 Å². The first-order valence-corrected chi connectivity index (χ1v) is 6.17. The molecule has 0 aliphatic carbocycles. The summed E-state index contributed by atoms with van der Waals surface area (Å²) in [6, 6.07) is 5.05. The van der Waals surface area contributed by atoms with Gasteiger partial charge in [0.05, 0.1) is 12.2 Å². The lowest BCUT2D eigenvalue weighted by molar-refractivity contribution is 0.618. The van der Waals surface area contributed by atoms with Gasteiger partial charge in [0, 0.05) is 32.4 Å². The third kappa shape index (κ3) is 2.64. The molecular weight excluding hydrogens is 253 g/mol. The fourth-order valence-electron chi connectivity index (χ4n) is 1.79. The zero-order valence-electron chi connectivity index (χ0n) is 10.4. The van der Waals surface area contributed by atoms with Gasteiger partial charge in [-0.05, 0) is 17.7 Å². The standard InChI is InChI=1S/C13H15ClFN3/c1-17-6-5-16-13(17)9-18(2)12-4-3-10(8-14)7-11(12)15/h3-7H,8-9H2,1-2H3.